The summed E-state index contributed by atoms with van der Waals surface area (Å²) in [4.78, 5) is 11.9. The Hall–Kier alpha value is -2.69. The SMILES string of the molecule is COc1ccc(CO[C@@H]2[C@@H](OC(C)=O)[C@H](OC)O[C@H](CO)[C@H]2OCc2ccc(OC)cc2)cc1. The van der Waals surface area contributed by atoms with Gasteiger partial charge in [-0.2, -0.15) is 0 Å². The fourth-order valence-electron chi connectivity index (χ4n) is 3.75. The van der Waals surface area contributed by atoms with Crippen LogP contribution < -0.4 is 9.47 Å². The molecule has 1 saturated heterocycles. The zero-order valence-corrected chi connectivity index (χ0v) is 19.8. The number of carbonyl (C=O) groups excluding carboxylic acids is 1. The molecule has 0 amide bonds. The molecule has 9 heteroatoms. The molecule has 0 bridgehead atoms. The minimum Gasteiger partial charge on any atom is -0.497 e. The molecular weight excluding hydrogens is 444 g/mol. The largest absolute Gasteiger partial charge is 0.497 e. The Labute approximate surface area is 199 Å². The van der Waals surface area contributed by atoms with Gasteiger partial charge < -0.3 is 38.3 Å². The normalized spacial score (nSPS) is 24.4. The van der Waals surface area contributed by atoms with Gasteiger partial charge in [0.2, 0.25) is 0 Å². The van der Waals surface area contributed by atoms with Crippen molar-refractivity contribution in [3.05, 3.63) is 59.7 Å². The molecule has 0 aromatic heterocycles. The van der Waals surface area contributed by atoms with Gasteiger partial charge in [-0.25, -0.2) is 0 Å². The number of aliphatic hydroxyl groups is 1. The van der Waals surface area contributed by atoms with Crippen molar-refractivity contribution in [2.24, 2.45) is 0 Å². The Morgan fingerprint density at radius 2 is 1.32 bits per heavy atom. The molecule has 1 N–H and O–H groups in total. The lowest BCUT2D eigenvalue weighted by atomic mass is 9.98. The molecule has 0 unspecified atom stereocenters. The molecule has 3 rings (SSSR count). The van der Waals surface area contributed by atoms with Crippen LogP contribution in [0.5, 0.6) is 11.5 Å². The molecule has 1 aliphatic rings. The second kappa shape index (κ2) is 12.7. The third kappa shape index (κ3) is 6.68. The van der Waals surface area contributed by atoms with Crippen molar-refractivity contribution in [3.8, 4) is 11.5 Å². The second-order valence-electron chi connectivity index (χ2n) is 7.78. The van der Waals surface area contributed by atoms with E-state index in [2.05, 4.69) is 0 Å². The molecule has 0 spiro atoms. The van der Waals surface area contributed by atoms with Crippen molar-refractivity contribution in [2.75, 3.05) is 27.9 Å². The van der Waals surface area contributed by atoms with E-state index in [-0.39, 0.29) is 19.8 Å². The molecular formula is C25H32O9. The van der Waals surface area contributed by atoms with Crippen LogP contribution in [-0.2, 0) is 41.7 Å². The Morgan fingerprint density at radius 3 is 1.74 bits per heavy atom. The van der Waals surface area contributed by atoms with Gasteiger partial charge in [0, 0.05) is 14.0 Å². The number of carbonyl (C=O) groups is 1. The molecule has 0 saturated carbocycles. The van der Waals surface area contributed by atoms with E-state index in [0.717, 1.165) is 22.6 Å². The van der Waals surface area contributed by atoms with Crippen molar-refractivity contribution in [2.45, 2.75) is 50.8 Å². The summed E-state index contributed by atoms with van der Waals surface area (Å²) in [5, 5.41) is 10.0. The van der Waals surface area contributed by atoms with Gasteiger partial charge in [0.15, 0.2) is 12.4 Å². The summed E-state index contributed by atoms with van der Waals surface area (Å²) in [5.41, 5.74) is 1.78. The van der Waals surface area contributed by atoms with Crippen LogP contribution >= 0.6 is 0 Å². The number of aliphatic hydroxyl groups excluding tert-OH is 1. The van der Waals surface area contributed by atoms with Gasteiger partial charge in [-0.3, -0.25) is 4.79 Å². The van der Waals surface area contributed by atoms with E-state index in [4.69, 9.17) is 33.2 Å². The maximum absolute atomic E-state index is 11.9. The minimum atomic E-state index is -0.928. The van der Waals surface area contributed by atoms with Crippen molar-refractivity contribution >= 4 is 5.97 Å². The topological polar surface area (TPSA) is 102 Å². The molecule has 34 heavy (non-hydrogen) atoms. The van der Waals surface area contributed by atoms with Crippen LogP contribution in [0.4, 0.5) is 0 Å². The molecule has 2 aromatic rings. The van der Waals surface area contributed by atoms with Crippen LogP contribution in [0, 0.1) is 0 Å². The van der Waals surface area contributed by atoms with Crippen LogP contribution in [0.2, 0.25) is 0 Å². The second-order valence-corrected chi connectivity index (χ2v) is 7.78. The summed E-state index contributed by atoms with van der Waals surface area (Å²) in [6, 6.07) is 14.8. The molecule has 2 aromatic carbocycles. The Kier molecular flexibility index (Phi) is 9.67. The fourth-order valence-corrected chi connectivity index (χ4v) is 3.75. The van der Waals surface area contributed by atoms with E-state index in [1.165, 1.54) is 14.0 Å². The van der Waals surface area contributed by atoms with Gasteiger partial charge >= 0.3 is 5.97 Å². The lowest BCUT2D eigenvalue weighted by Gasteiger charge is -2.44. The highest BCUT2D eigenvalue weighted by Crippen LogP contribution is 2.30. The van der Waals surface area contributed by atoms with Crippen LogP contribution in [-0.4, -0.2) is 69.7 Å². The summed E-state index contributed by atoms with van der Waals surface area (Å²) in [6.07, 6.45) is -4.08. The number of hydrogen-bond donors (Lipinski definition) is 1. The number of ether oxygens (including phenoxy) is 7. The van der Waals surface area contributed by atoms with E-state index in [0.29, 0.717) is 0 Å². The average molecular weight is 477 g/mol. The smallest absolute Gasteiger partial charge is 0.303 e. The summed E-state index contributed by atoms with van der Waals surface area (Å²) in [5.74, 6) is 0.953. The lowest BCUT2D eigenvalue weighted by Crippen LogP contribution is -2.61. The van der Waals surface area contributed by atoms with Gasteiger partial charge in [0.25, 0.3) is 0 Å². The van der Waals surface area contributed by atoms with Crippen molar-refractivity contribution in [1.82, 2.24) is 0 Å². The van der Waals surface area contributed by atoms with Gasteiger partial charge in [-0.05, 0) is 35.4 Å². The van der Waals surface area contributed by atoms with E-state index < -0.39 is 36.7 Å². The first-order chi connectivity index (χ1) is 16.5. The molecule has 1 heterocycles. The molecule has 0 aliphatic carbocycles. The molecule has 9 nitrogen and oxygen atoms in total. The monoisotopic (exact) mass is 476 g/mol. The van der Waals surface area contributed by atoms with Crippen molar-refractivity contribution < 1.29 is 43.1 Å². The van der Waals surface area contributed by atoms with Crippen LogP contribution in [0.25, 0.3) is 0 Å². The maximum atomic E-state index is 11.9. The van der Waals surface area contributed by atoms with Gasteiger partial charge in [0.1, 0.15) is 29.8 Å². The summed E-state index contributed by atoms with van der Waals surface area (Å²) >= 11 is 0. The summed E-state index contributed by atoms with van der Waals surface area (Å²) < 4.78 is 39.6. The number of esters is 1. The first kappa shape index (κ1) is 25.9. The fraction of sp³-hybridized carbons (Fsp3) is 0.480. The van der Waals surface area contributed by atoms with Crippen LogP contribution in [0.1, 0.15) is 18.1 Å². The van der Waals surface area contributed by atoms with Gasteiger partial charge in [-0.15, -0.1) is 0 Å². The van der Waals surface area contributed by atoms with Gasteiger partial charge in [-0.1, -0.05) is 24.3 Å². The van der Waals surface area contributed by atoms with Crippen LogP contribution in [0.15, 0.2) is 48.5 Å². The third-order valence-corrected chi connectivity index (χ3v) is 5.51. The quantitative estimate of drug-likeness (QED) is 0.490. The zero-order chi connectivity index (χ0) is 24.5. The predicted molar refractivity (Wildman–Crippen MR) is 121 cm³/mol. The highest BCUT2D eigenvalue weighted by molar-refractivity contribution is 5.66. The van der Waals surface area contributed by atoms with E-state index in [1.54, 1.807) is 14.2 Å². The molecule has 0 radical (unpaired) electrons. The lowest BCUT2D eigenvalue weighted by molar-refractivity contribution is -0.313. The summed E-state index contributed by atoms with van der Waals surface area (Å²) in [6.45, 7) is 1.41. The van der Waals surface area contributed by atoms with Crippen LogP contribution in [0.3, 0.4) is 0 Å². The average Bonchev–Trinajstić information content (AvgIpc) is 2.86. The Bertz CT molecular complexity index is 884. The first-order valence-corrected chi connectivity index (χ1v) is 10.9. The summed E-state index contributed by atoms with van der Waals surface area (Å²) in [7, 11) is 4.64. The Morgan fingerprint density at radius 1 is 0.824 bits per heavy atom. The molecule has 1 fully saturated rings. The number of benzene rings is 2. The predicted octanol–water partition coefficient (Wildman–Crippen LogP) is 2.47. The first-order valence-electron chi connectivity index (χ1n) is 10.9. The highest BCUT2D eigenvalue weighted by atomic mass is 16.7. The van der Waals surface area contributed by atoms with Crippen molar-refractivity contribution in [3.63, 3.8) is 0 Å². The molecule has 186 valence electrons. The zero-order valence-electron chi connectivity index (χ0n) is 19.8. The highest BCUT2D eigenvalue weighted by Gasteiger charge is 2.49. The van der Waals surface area contributed by atoms with E-state index in [1.807, 2.05) is 48.5 Å². The molecule has 5 atom stereocenters. The van der Waals surface area contributed by atoms with E-state index >= 15 is 0 Å². The van der Waals surface area contributed by atoms with Gasteiger partial charge in [0.05, 0.1) is 34.0 Å². The minimum absolute atomic E-state index is 0.212. The number of hydrogen-bond acceptors (Lipinski definition) is 9. The maximum Gasteiger partial charge on any atom is 0.303 e. The molecule has 1 aliphatic heterocycles. The number of rotatable bonds is 11. The van der Waals surface area contributed by atoms with Crippen molar-refractivity contribution in [1.29, 1.82) is 0 Å². The Balaban J connectivity index is 1.82. The standard InChI is InChI=1S/C25H32O9/c1-16(27)33-24-23(32-15-18-7-11-20(29-3)12-8-18)22(21(13-26)34-25(24)30-4)31-14-17-5-9-19(28-2)10-6-17/h5-12,21-26H,13-15H2,1-4H3/t21-,22-,23+,24-,25-/m1/s1. The third-order valence-electron chi connectivity index (χ3n) is 5.51. The van der Waals surface area contributed by atoms with E-state index in [9.17, 15) is 9.90 Å². The number of methoxy groups -OCH3 is 3.